The first-order chi connectivity index (χ1) is 13.7. The van der Waals surface area contributed by atoms with Crippen molar-refractivity contribution < 1.29 is 9.47 Å². The van der Waals surface area contributed by atoms with Crippen LogP contribution in [-0.4, -0.2) is 19.9 Å². The summed E-state index contributed by atoms with van der Waals surface area (Å²) in [6.45, 7) is 0. The van der Waals surface area contributed by atoms with Crippen molar-refractivity contribution in [3.63, 3.8) is 0 Å². The van der Waals surface area contributed by atoms with E-state index in [0.29, 0.717) is 11.5 Å². The van der Waals surface area contributed by atoms with Gasteiger partial charge in [-0.15, -0.1) is 0 Å². The number of rotatable bonds is 5. The fourth-order valence-corrected chi connectivity index (χ4v) is 3.59. The van der Waals surface area contributed by atoms with Crippen molar-refractivity contribution in [1.82, 2.24) is 0 Å². The summed E-state index contributed by atoms with van der Waals surface area (Å²) in [6, 6.07) is 24.1. The second-order valence-electron chi connectivity index (χ2n) is 6.57. The minimum atomic E-state index is 0.0629. The minimum absolute atomic E-state index is 0.0629. The summed E-state index contributed by atoms with van der Waals surface area (Å²) < 4.78 is 10.9. The van der Waals surface area contributed by atoms with E-state index in [9.17, 15) is 0 Å². The first-order valence-corrected chi connectivity index (χ1v) is 9.47. The molecule has 4 nitrogen and oxygen atoms in total. The van der Waals surface area contributed by atoms with Gasteiger partial charge in [-0.1, -0.05) is 48.0 Å². The molecule has 1 heterocycles. The average molecular weight is 393 g/mol. The van der Waals surface area contributed by atoms with Crippen LogP contribution in [-0.2, 0) is 0 Å². The average Bonchev–Trinajstić information content (AvgIpc) is 3.20. The number of hydrogen-bond donors (Lipinski definition) is 0. The van der Waals surface area contributed by atoms with Gasteiger partial charge >= 0.3 is 0 Å². The molecule has 0 N–H and O–H groups in total. The second kappa shape index (κ2) is 7.95. The van der Waals surface area contributed by atoms with E-state index in [1.807, 2.05) is 54.6 Å². The van der Waals surface area contributed by atoms with Crippen molar-refractivity contribution in [2.75, 3.05) is 19.2 Å². The van der Waals surface area contributed by atoms with E-state index in [4.69, 9.17) is 26.2 Å². The normalized spacial score (nSPS) is 16.0. The monoisotopic (exact) mass is 392 g/mol. The molecule has 28 heavy (non-hydrogen) atoms. The first-order valence-electron chi connectivity index (χ1n) is 9.09. The van der Waals surface area contributed by atoms with Crippen LogP contribution in [0.25, 0.3) is 0 Å². The third kappa shape index (κ3) is 3.56. The number of nitrogens with zero attached hydrogens (tertiary/aromatic N) is 2. The van der Waals surface area contributed by atoms with Crippen LogP contribution < -0.4 is 14.5 Å². The largest absolute Gasteiger partial charge is 0.493 e. The van der Waals surface area contributed by atoms with Crippen molar-refractivity contribution in [3.8, 4) is 11.5 Å². The van der Waals surface area contributed by atoms with Gasteiger partial charge in [0.05, 0.1) is 31.7 Å². The number of methoxy groups -OCH3 is 2. The molecular formula is C23H21ClN2O2. The lowest BCUT2D eigenvalue weighted by molar-refractivity contribution is 0.354. The summed E-state index contributed by atoms with van der Waals surface area (Å²) in [4.78, 5) is 0. The lowest BCUT2D eigenvalue weighted by Crippen LogP contribution is -2.18. The Kier molecular flexibility index (Phi) is 5.22. The molecule has 0 saturated carbocycles. The smallest absolute Gasteiger partial charge is 0.161 e. The van der Waals surface area contributed by atoms with Gasteiger partial charge in [-0.25, -0.2) is 0 Å². The molecule has 3 aromatic carbocycles. The molecule has 0 fully saturated rings. The number of halogens is 1. The van der Waals surface area contributed by atoms with E-state index >= 15 is 0 Å². The summed E-state index contributed by atoms with van der Waals surface area (Å²) in [7, 11) is 3.30. The van der Waals surface area contributed by atoms with Gasteiger partial charge in [-0.05, 0) is 47.5 Å². The van der Waals surface area contributed by atoms with E-state index < -0.39 is 0 Å². The van der Waals surface area contributed by atoms with Gasteiger partial charge in [0.15, 0.2) is 11.5 Å². The van der Waals surface area contributed by atoms with E-state index in [2.05, 4.69) is 23.2 Å². The Morgan fingerprint density at radius 1 is 0.893 bits per heavy atom. The quantitative estimate of drug-likeness (QED) is 0.557. The molecular weight excluding hydrogens is 372 g/mol. The summed E-state index contributed by atoms with van der Waals surface area (Å²) >= 11 is 6.05. The van der Waals surface area contributed by atoms with E-state index in [1.54, 1.807) is 14.2 Å². The summed E-state index contributed by atoms with van der Waals surface area (Å²) in [5.41, 5.74) is 4.27. The Balaban J connectivity index is 1.74. The van der Waals surface area contributed by atoms with Crippen molar-refractivity contribution in [2.45, 2.75) is 12.5 Å². The van der Waals surface area contributed by atoms with Gasteiger partial charge in [0.25, 0.3) is 0 Å². The Morgan fingerprint density at radius 2 is 1.61 bits per heavy atom. The van der Waals surface area contributed by atoms with Crippen LogP contribution in [0.1, 0.15) is 23.6 Å². The standard InChI is InChI=1S/C23H21ClN2O2/c1-27-22-13-10-17(14-23(22)28-2)21-15-20(16-8-11-18(24)12-9-16)25-26(21)19-6-4-3-5-7-19/h3-14,21H,15H2,1-2H3/t21-/m0/s1. The Morgan fingerprint density at radius 3 is 2.29 bits per heavy atom. The maximum atomic E-state index is 6.05. The molecule has 0 spiro atoms. The lowest BCUT2D eigenvalue weighted by Gasteiger charge is -2.24. The summed E-state index contributed by atoms with van der Waals surface area (Å²) in [5, 5.41) is 7.74. The van der Waals surface area contributed by atoms with Crippen LogP contribution in [0.2, 0.25) is 5.02 Å². The molecule has 0 radical (unpaired) electrons. The van der Waals surface area contributed by atoms with Crippen LogP contribution in [0.3, 0.4) is 0 Å². The molecule has 0 aromatic heterocycles. The zero-order valence-corrected chi connectivity index (χ0v) is 16.6. The zero-order valence-electron chi connectivity index (χ0n) is 15.8. The minimum Gasteiger partial charge on any atom is -0.493 e. The fraction of sp³-hybridized carbons (Fsp3) is 0.174. The molecule has 1 aliphatic heterocycles. The molecule has 1 aliphatic rings. The van der Waals surface area contributed by atoms with E-state index in [1.165, 1.54) is 0 Å². The molecule has 142 valence electrons. The third-order valence-corrected chi connectivity index (χ3v) is 5.15. The fourth-order valence-electron chi connectivity index (χ4n) is 3.47. The number of benzene rings is 3. The zero-order chi connectivity index (χ0) is 19.5. The number of hydrazone groups is 1. The molecule has 0 unspecified atom stereocenters. The Labute approximate surface area is 170 Å². The predicted molar refractivity (Wildman–Crippen MR) is 114 cm³/mol. The maximum absolute atomic E-state index is 6.05. The van der Waals surface area contributed by atoms with Gasteiger partial charge in [0, 0.05) is 11.4 Å². The third-order valence-electron chi connectivity index (χ3n) is 4.90. The van der Waals surface area contributed by atoms with Crippen LogP contribution >= 0.6 is 11.6 Å². The summed E-state index contributed by atoms with van der Waals surface area (Å²) in [6.07, 6.45) is 0.784. The topological polar surface area (TPSA) is 34.1 Å². The van der Waals surface area contributed by atoms with Crippen LogP contribution in [0.4, 0.5) is 5.69 Å². The Hall–Kier alpha value is -2.98. The number of anilines is 1. The van der Waals surface area contributed by atoms with Crippen molar-refractivity contribution in [3.05, 3.63) is 88.9 Å². The second-order valence-corrected chi connectivity index (χ2v) is 7.00. The molecule has 5 heteroatoms. The molecule has 0 amide bonds. The van der Waals surface area contributed by atoms with E-state index in [-0.39, 0.29) is 6.04 Å². The molecule has 1 atom stereocenters. The predicted octanol–water partition coefficient (Wildman–Crippen LogP) is 5.71. The van der Waals surface area contributed by atoms with Crippen molar-refractivity contribution in [2.24, 2.45) is 5.10 Å². The first kappa shape index (κ1) is 18.4. The SMILES string of the molecule is COc1ccc([C@@H]2CC(c3ccc(Cl)cc3)=NN2c2ccccc2)cc1OC. The van der Waals surface area contributed by atoms with Gasteiger partial charge < -0.3 is 9.47 Å². The van der Waals surface area contributed by atoms with Crippen molar-refractivity contribution in [1.29, 1.82) is 0 Å². The molecule has 4 rings (SSSR count). The maximum Gasteiger partial charge on any atom is 0.161 e. The van der Waals surface area contributed by atoms with Crippen LogP contribution in [0.15, 0.2) is 77.9 Å². The highest BCUT2D eigenvalue weighted by Gasteiger charge is 2.30. The number of hydrogen-bond acceptors (Lipinski definition) is 4. The van der Waals surface area contributed by atoms with Crippen molar-refractivity contribution >= 4 is 23.0 Å². The van der Waals surface area contributed by atoms with Gasteiger partial charge in [-0.3, -0.25) is 5.01 Å². The van der Waals surface area contributed by atoms with Gasteiger partial charge in [0.2, 0.25) is 0 Å². The summed E-state index contributed by atoms with van der Waals surface area (Å²) in [5.74, 6) is 1.43. The van der Waals surface area contributed by atoms with Gasteiger partial charge in [-0.2, -0.15) is 5.10 Å². The van der Waals surface area contributed by atoms with Crippen LogP contribution in [0, 0.1) is 0 Å². The number of ether oxygens (including phenoxy) is 2. The molecule has 0 aliphatic carbocycles. The highest BCUT2D eigenvalue weighted by molar-refractivity contribution is 6.30. The highest BCUT2D eigenvalue weighted by atomic mass is 35.5. The molecule has 3 aromatic rings. The highest BCUT2D eigenvalue weighted by Crippen LogP contribution is 2.39. The lowest BCUT2D eigenvalue weighted by atomic mass is 9.98. The number of para-hydroxylation sites is 1. The Bertz CT molecular complexity index is 987. The van der Waals surface area contributed by atoms with E-state index in [0.717, 1.165) is 34.0 Å². The van der Waals surface area contributed by atoms with Gasteiger partial charge in [0.1, 0.15) is 0 Å². The van der Waals surface area contributed by atoms with Crippen LogP contribution in [0.5, 0.6) is 11.5 Å². The molecule has 0 saturated heterocycles. The molecule has 0 bridgehead atoms.